The smallest absolute Gasteiger partial charge is 0.253 e. The highest BCUT2D eigenvalue weighted by atomic mass is 16.5. The average Bonchev–Trinajstić information content (AvgIpc) is 3.23. The molecular formula is C22H34N4O3. The van der Waals surface area contributed by atoms with E-state index in [0.29, 0.717) is 31.1 Å². The van der Waals surface area contributed by atoms with Gasteiger partial charge in [-0.3, -0.25) is 14.5 Å². The van der Waals surface area contributed by atoms with Crippen molar-refractivity contribution < 1.29 is 14.3 Å². The second-order valence-electron chi connectivity index (χ2n) is 7.79. The van der Waals surface area contributed by atoms with Gasteiger partial charge in [0.15, 0.2) is 0 Å². The van der Waals surface area contributed by atoms with Crippen molar-refractivity contribution in [1.82, 2.24) is 20.0 Å². The third-order valence-corrected chi connectivity index (χ3v) is 6.03. The van der Waals surface area contributed by atoms with E-state index in [2.05, 4.69) is 17.1 Å². The number of methoxy groups -OCH3 is 1. The van der Waals surface area contributed by atoms with Gasteiger partial charge in [0.05, 0.1) is 7.11 Å². The number of benzene rings is 1. The van der Waals surface area contributed by atoms with Gasteiger partial charge < -0.3 is 19.9 Å². The van der Waals surface area contributed by atoms with Gasteiger partial charge >= 0.3 is 0 Å². The van der Waals surface area contributed by atoms with Gasteiger partial charge in [0.25, 0.3) is 5.91 Å². The van der Waals surface area contributed by atoms with E-state index < -0.39 is 0 Å². The maximum atomic E-state index is 13.2. The van der Waals surface area contributed by atoms with E-state index in [1.807, 2.05) is 21.9 Å². The lowest BCUT2D eigenvalue weighted by molar-refractivity contribution is -0.132. The summed E-state index contributed by atoms with van der Waals surface area (Å²) in [5, 5.41) is 3.27. The van der Waals surface area contributed by atoms with Gasteiger partial charge in [-0.05, 0) is 50.2 Å². The molecule has 2 saturated heterocycles. The number of carbonyl (C=O) groups is 2. The van der Waals surface area contributed by atoms with E-state index in [0.717, 1.165) is 51.4 Å². The molecule has 1 aromatic rings. The Labute approximate surface area is 174 Å². The minimum absolute atomic E-state index is 0.0104. The summed E-state index contributed by atoms with van der Waals surface area (Å²) in [6, 6.07) is 7.60. The molecule has 0 unspecified atom stereocenters. The Hall–Kier alpha value is -2.12. The summed E-state index contributed by atoms with van der Waals surface area (Å²) in [6.07, 6.45) is 2.65. The Morgan fingerprint density at radius 2 is 1.90 bits per heavy atom. The molecule has 7 heteroatoms. The first-order chi connectivity index (χ1) is 14.1. The van der Waals surface area contributed by atoms with Crippen LogP contribution in [-0.4, -0.2) is 92.0 Å². The molecule has 7 nitrogen and oxygen atoms in total. The first-order valence-electron chi connectivity index (χ1n) is 10.8. The SMILES string of the molecule is CCN1CCC[C@@H]1CN(CCC(=O)N1CCNCC1)C(=O)c1ccc(OC)cc1. The van der Waals surface area contributed by atoms with E-state index >= 15 is 0 Å². The normalized spacial score (nSPS) is 19.9. The van der Waals surface area contributed by atoms with E-state index in [1.165, 1.54) is 6.42 Å². The lowest BCUT2D eigenvalue weighted by Crippen LogP contribution is -2.48. The second-order valence-corrected chi connectivity index (χ2v) is 7.79. The van der Waals surface area contributed by atoms with E-state index in [9.17, 15) is 9.59 Å². The average molecular weight is 403 g/mol. The monoisotopic (exact) mass is 402 g/mol. The third kappa shape index (κ3) is 5.70. The molecule has 0 aromatic heterocycles. The van der Waals surface area contributed by atoms with Crippen molar-refractivity contribution in [3.63, 3.8) is 0 Å². The van der Waals surface area contributed by atoms with Gasteiger partial charge in [-0.2, -0.15) is 0 Å². The fourth-order valence-corrected chi connectivity index (χ4v) is 4.27. The van der Waals surface area contributed by atoms with Crippen LogP contribution in [-0.2, 0) is 4.79 Å². The van der Waals surface area contributed by atoms with Crippen LogP contribution in [0, 0.1) is 0 Å². The molecule has 2 fully saturated rings. The molecule has 1 N–H and O–H groups in total. The summed E-state index contributed by atoms with van der Waals surface area (Å²) in [6.45, 7) is 8.56. The number of nitrogens with one attached hydrogen (secondary N) is 1. The molecular weight excluding hydrogens is 368 g/mol. The summed E-state index contributed by atoms with van der Waals surface area (Å²) in [5.41, 5.74) is 0.640. The first kappa shape index (κ1) is 21.6. The number of nitrogens with zero attached hydrogens (tertiary/aromatic N) is 3. The zero-order valence-corrected chi connectivity index (χ0v) is 17.7. The third-order valence-electron chi connectivity index (χ3n) is 6.03. The zero-order chi connectivity index (χ0) is 20.6. The number of likely N-dealkylation sites (N-methyl/N-ethyl adjacent to an activating group) is 1. The second kappa shape index (κ2) is 10.6. The minimum Gasteiger partial charge on any atom is -0.497 e. The van der Waals surface area contributed by atoms with Crippen molar-refractivity contribution in [3.05, 3.63) is 29.8 Å². The molecule has 3 rings (SSSR count). The number of carbonyl (C=O) groups excluding carboxylic acids is 2. The number of rotatable bonds is 8. The van der Waals surface area contributed by atoms with Crippen LogP contribution < -0.4 is 10.1 Å². The zero-order valence-electron chi connectivity index (χ0n) is 17.7. The van der Waals surface area contributed by atoms with Crippen LogP contribution in [0.5, 0.6) is 5.75 Å². The maximum absolute atomic E-state index is 13.2. The highest BCUT2D eigenvalue weighted by Crippen LogP contribution is 2.20. The molecule has 2 amide bonds. The Kier molecular flexibility index (Phi) is 7.89. The standard InChI is InChI=1S/C22H34N4O3/c1-3-24-13-4-5-19(24)17-26(14-10-21(27)25-15-11-23-12-16-25)22(28)18-6-8-20(29-2)9-7-18/h6-9,19,23H,3-5,10-17H2,1-2H3/t19-/m1/s1. The van der Waals surface area contributed by atoms with Crippen LogP contribution in [0.1, 0.15) is 36.5 Å². The molecule has 0 bridgehead atoms. The number of hydrogen-bond donors (Lipinski definition) is 1. The topological polar surface area (TPSA) is 65.1 Å². The molecule has 0 saturated carbocycles. The molecule has 2 aliphatic heterocycles. The lowest BCUT2D eigenvalue weighted by Gasteiger charge is -2.32. The number of piperazine rings is 1. The van der Waals surface area contributed by atoms with E-state index in [4.69, 9.17) is 4.74 Å². The molecule has 29 heavy (non-hydrogen) atoms. The molecule has 2 heterocycles. The fourth-order valence-electron chi connectivity index (χ4n) is 4.27. The van der Waals surface area contributed by atoms with Crippen LogP contribution in [0.15, 0.2) is 24.3 Å². The van der Waals surface area contributed by atoms with Crippen molar-refractivity contribution in [1.29, 1.82) is 0 Å². The summed E-state index contributed by atoms with van der Waals surface area (Å²) in [7, 11) is 1.62. The molecule has 0 aliphatic carbocycles. The molecule has 0 spiro atoms. The molecule has 2 aliphatic rings. The predicted octanol–water partition coefficient (Wildman–Crippen LogP) is 1.44. The Morgan fingerprint density at radius 3 is 2.55 bits per heavy atom. The van der Waals surface area contributed by atoms with Crippen LogP contribution in [0.4, 0.5) is 0 Å². The van der Waals surface area contributed by atoms with Crippen molar-refractivity contribution in [2.75, 3.05) is 59.5 Å². The van der Waals surface area contributed by atoms with Crippen LogP contribution in [0.3, 0.4) is 0 Å². The molecule has 160 valence electrons. The summed E-state index contributed by atoms with van der Waals surface area (Å²) >= 11 is 0. The van der Waals surface area contributed by atoms with Gasteiger partial charge in [0.2, 0.25) is 5.91 Å². The van der Waals surface area contributed by atoms with Crippen LogP contribution >= 0.6 is 0 Å². The summed E-state index contributed by atoms with van der Waals surface area (Å²) < 4.78 is 5.20. The number of hydrogen-bond acceptors (Lipinski definition) is 5. The van der Waals surface area contributed by atoms with Gasteiger partial charge in [0.1, 0.15) is 5.75 Å². The fraction of sp³-hybridized carbons (Fsp3) is 0.636. The van der Waals surface area contributed by atoms with Crippen molar-refractivity contribution in [3.8, 4) is 5.75 Å². The van der Waals surface area contributed by atoms with Gasteiger partial charge in [-0.25, -0.2) is 0 Å². The molecule has 0 radical (unpaired) electrons. The lowest BCUT2D eigenvalue weighted by atomic mass is 10.1. The number of likely N-dealkylation sites (tertiary alicyclic amines) is 1. The highest BCUT2D eigenvalue weighted by molar-refractivity contribution is 5.94. The van der Waals surface area contributed by atoms with Gasteiger partial charge in [0, 0.05) is 57.3 Å². The molecule has 1 atom stereocenters. The van der Waals surface area contributed by atoms with Crippen LogP contribution in [0.25, 0.3) is 0 Å². The van der Waals surface area contributed by atoms with E-state index in [1.54, 1.807) is 19.2 Å². The molecule has 1 aromatic carbocycles. The van der Waals surface area contributed by atoms with E-state index in [-0.39, 0.29) is 11.8 Å². The Balaban J connectivity index is 1.67. The number of ether oxygens (including phenoxy) is 1. The largest absolute Gasteiger partial charge is 0.497 e. The van der Waals surface area contributed by atoms with Crippen molar-refractivity contribution in [2.24, 2.45) is 0 Å². The first-order valence-corrected chi connectivity index (χ1v) is 10.8. The van der Waals surface area contributed by atoms with Crippen molar-refractivity contribution >= 4 is 11.8 Å². The summed E-state index contributed by atoms with van der Waals surface area (Å²) in [4.78, 5) is 32.1. The Bertz CT molecular complexity index is 673. The van der Waals surface area contributed by atoms with Gasteiger partial charge in [-0.1, -0.05) is 6.92 Å². The maximum Gasteiger partial charge on any atom is 0.253 e. The van der Waals surface area contributed by atoms with Crippen LogP contribution in [0.2, 0.25) is 0 Å². The predicted molar refractivity (Wildman–Crippen MR) is 113 cm³/mol. The van der Waals surface area contributed by atoms with Gasteiger partial charge in [-0.15, -0.1) is 0 Å². The summed E-state index contributed by atoms with van der Waals surface area (Å²) in [5.74, 6) is 0.858. The Morgan fingerprint density at radius 1 is 1.17 bits per heavy atom. The van der Waals surface area contributed by atoms with Crippen molar-refractivity contribution in [2.45, 2.75) is 32.2 Å². The number of amides is 2. The quantitative estimate of drug-likeness (QED) is 0.713. The minimum atomic E-state index is -0.0104. The highest BCUT2D eigenvalue weighted by Gasteiger charge is 2.28.